The van der Waals surface area contributed by atoms with Crippen LogP contribution in [0.5, 0.6) is 0 Å². The van der Waals surface area contributed by atoms with E-state index in [0.717, 1.165) is 24.5 Å². The van der Waals surface area contributed by atoms with Gasteiger partial charge in [0.2, 0.25) is 0 Å². The molecule has 0 aromatic heterocycles. The van der Waals surface area contributed by atoms with Gasteiger partial charge in [-0.15, -0.1) is 0 Å². The second-order valence-electron chi connectivity index (χ2n) is 5.40. The van der Waals surface area contributed by atoms with Gasteiger partial charge in [0.1, 0.15) is 5.54 Å². The first-order valence-corrected chi connectivity index (χ1v) is 7.08. The van der Waals surface area contributed by atoms with Crippen molar-refractivity contribution in [2.75, 3.05) is 13.2 Å². The molecule has 102 valence electrons. The lowest BCUT2D eigenvalue weighted by Gasteiger charge is -2.25. The molecule has 1 unspecified atom stereocenters. The van der Waals surface area contributed by atoms with E-state index in [1.165, 1.54) is 19.3 Å². The van der Waals surface area contributed by atoms with Crippen LogP contribution < -0.4 is 5.73 Å². The minimum atomic E-state index is -0.933. The van der Waals surface area contributed by atoms with Crippen LogP contribution in [-0.4, -0.2) is 13.2 Å². The first-order chi connectivity index (χ1) is 9.24. The predicted molar refractivity (Wildman–Crippen MR) is 75.3 cm³/mol. The fourth-order valence-electron chi connectivity index (χ4n) is 2.37. The molecule has 0 aliphatic heterocycles. The van der Waals surface area contributed by atoms with Crippen molar-refractivity contribution in [1.29, 1.82) is 5.26 Å². The van der Waals surface area contributed by atoms with Gasteiger partial charge in [0.05, 0.1) is 6.07 Å². The quantitative estimate of drug-likeness (QED) is 0.765. The molecule has 1 aliphatic carbocycles. The van der Waals surface area contributed by atoms with E-state index >= 15 is 0 Å². The fraction of sp³-hybridized carbons (Fsp3) is 0.562. The van der Waals surface area contributed by atoms with Gasteiger partial charge in [-0.3, -0.25) is 0 Å². The highest BCUT2D eigenvalue weighted by atomic mass is 16.5. The Kier molecular flexibility index (Phi) is 4.95. The number of nitrogens with two attached hydrogens (primary N) is 1. The van der Waals surface area contributed by atoms with Crippen LogP contribution >= 0.6 is 0 Å². The monoisotopic (exact) mass is 258 g/mol. The van der Waals surface area contributed by atoms with Crippen molar-refractivity contribution < 1.29 is 4.74 Å². The van der Waals surface area contributed by atoms with Crippen LogP contribution in [0.2, 0.25) is 0 Å². The van der Waals surface area contributed by atoms with Gasteiger partial charge in [-0.1, -0.05) is 49.6 Å². The largest absolute Gasteiger partial charge is 0.381 e. The maximum atomic E-state index is 9.30. The summed E-state index contributed by atoms with van der Waals surface area (Å²) in [6.45, 7) is 1.34. The SMILES string of the molecule is N#CC(N)(CCOCCC1CCC1)c1ccccc1. The van der Waals surface area contributed by atoms with Gasteiger partial charge in [0, 0.05) is 19.6 Å². The summed E-state index contributed by atoms with van der Waals surface area (Å²) in [5, 5.41) is 9.30. The summed E-state index contributed by atoms with van der Waals surface area (Å²) in [6, 6.07) is 11.8. The lowest BCUT2D eigenvalue weighted by Crippen LogP contribution is -2.36. The first-order valence-electron chi connectivity index (χ1n) is 7.08. The minimum absolute atomic E-state index is 0.540. The van der Waals surface area contributed by atoms with Crippen LogP contribution in [0, 0.1) is 17.2 Å². The van der Waals surface area contributed by atoms with Crippen LogP contribution in [-0.2, 0) is 10.3 Å². The molecule has 1 aromatic carbocycles. The van der Waals surface area contributed by atoms with Crippen molar-refractivity contribution in [3.63, 3.8) is 0 Å². The van der Waals surface area contributed by atoms with Gasteiger partial charge in [0.15, 0.2) is 0 Å². The Morgan fingerprint density at radius 1 is 1.26 bits per heavy atom. The Morgan fingerprint density at radius 2 is 2.00 bits per heavy atom. The van der Waals surface area contributed by atoms with E-state index in [2.05, 4.69) is 6.07 Å². The number of hydrogen-bond donors (Lipinski definition) is 1. The van der Waals surface area contributed by atoms with Gasteiger partial charge in [-0.2, -0.15) is 5.26 Å². The van der Waals surface area contributed by atoms with Gasteiger partial charge in [-0.25, -0.2) is 0 Å². The molecule has 1 aliphatic rings. The highest BCUT2D eigenvalue weighted by Gasteiger charge is 2.26. The molecule has 0 bridgehead atoms. The highest BCUT2D eigenvalue weighted by molar-refractivity contribution is 5.30. The molecule has 3 nitrogen and oxygen atoms in total. The van der Waals surface area contributed by atoms with E-state index in [1.54, 1.807) is 0 Å². The van der Waals surface area contributed by atoms with E-state index < -0.39 is 5.54 Å². The normalized spacial score (nSPS) is 18.3. The summed E-state index contributed by atoms with van der Waals surface area (Å²) >= 11 is 0. The Labute approximate surface area is 115 Å². The number of nitriles is 1. The molecular weight excluding hydrogens is 236 g/mol. The Bertz CT molecular complexity index is 422. The van der Waals surface area contributed by atoms with Crippen molar-refractivity contribution in [2.24, 2.45) is 11.7 Å². The van der Waals surface area contributed by atoms with Crippen molar-refractivity contribution >= 4 is 0 Å². The number of benzene rings is 1. The predicted octanol–water partition coefficient (Wildman–Crippen LogP) is 2.96. The zero-order valence-corrected chi connectivity index (χ0v) is 11.3. The van der Waals surface area contributed by atoms with Crippen LogP contribution in [0.15, 0.2) is 30.3 Å². The topological polar surface area (TPSA) is 59.0 Å². The van der Waals surface area contributed by atoms with Gasteiger partial charge in [0.25, 0.3) is 0 Å². The van der Waals surface area contributed by atoms with Crippen LogP contribution in [0.4, 0.5) is 0 Å². The molecular formula is C16H22N2O. The zero-order chi connectivity index (χ0) is 13.6. The molecule has 0 amide bonds. The minimum Gasteiger partial charge on any atom is -0.381 e. The van der Waals surface area contributed by atoms with Crippen LogP contribution in [0.3, 0.4) is 0 Å². The third-order valence-electron chi connectivity index (χ3n) is 4.02. The first kappa shape index (κ1) is 14.0. The van der Waals surface area contributed by atoms with E-state index in [1.807, 2.05) is 30.3 Å². The third kappa shape index (κ3) is 3.79. The average Bonchev–Trinajstić information content (AvgIpc) is 2.41. The van der Waals surface area contributed by atoms with Crippen LogP contribution in [0.25, 0.3) is 0 Å². The number of hydrogen-bond acceptors (Lipinski definition) is 3. The van der Waals surface area contributed by atoms with Crippen molar-refractivity contribution in [1.82, 2.24) is 0 Å². The fourth-order valence-corrected chi connectivity index (χ4v) is 2.37. The van der Waals surface area contributed by atoms with E-state index in [0.29, 0.717) is 13.0 Å². The van der Waals surface area contributed by atoms with Crippen molar-refractivity contribution in [3.05, 3.63) is 35.9 Å². The lowest BCUT2D eigenvalue weighted by molar-refractivity contribution is 0.0966. The molecule has 3 heteroatoms. The maximum Gasteiger partial charge on any atom is 0.132 e. The summed E-state index contributed by atoms with van der Waals surface area (Å²) in [6.07, 6.45) is 5.77. The molecule has 1 fully saturated rings. The number of ether oxygens (including phenoxy) is 1. The summed E-state index contributed by atoms with van der Waals surface area (Å²) < 4.78 is 5.63. The average molecular weight is 258 g/mol. The molecule has 0 spiro atoms. The van der Waals surface area contributed by atoms with E-state index in [-0.39, 0.29) is 0 Å². The second-order valence-corrected chi connectivity index (χ2v) is 5.40. The van der Waals surface area contributed by atoms with Crippen molar-refractivity contribution in [3.8, 4) is 6.07 Å². The molecule has 0 radical (unpaired) electrons. The molecule has 2 N–H and O–H groups in total. The van der Waals surface area contributed by atoms with Crippen molar-refractivity contribution in [2.45, 2.75) is 37.6 Å². The Hall–Kier alpha value is -1.37. The highest BCUT2D eigenvalue weighted by Crippen LogP contribution is 2.29. The molecule has 0 heterocycles. The van der Waals surface area contributed by atoms with Gasteiger partial charge in [-0.05, 0) is 17.9 Å². The van der Waals surface area contributed by atoms with E-state index in [9.17, 15) is 5.26 Å². The summed E-state index contributed by atoms with van der Waals surface area (Å²) in [4.78, 5) is 0. The molecule has 19 heavy (non-hydrogen) atoms. The lowest BCUT2D eigenvalue weighted by atomic mass is 9.83. The maximum absolute atomic E-state index is 9.30. The van der Waals surface area contributed by atoms with Gasteiger partial charge >= 0.3 is 0 Å². The second kappa shape index (κ2) is 6.70. The smallest absolute Gasteiger partial charge is 0.132 e. The molecule has 1 aromatic rings. The molecule has 1 atom stereocenters. The Balaban J connectivity index is 1.74. The molecule has 1 saturated carbocycles. The number of nitrogens with zero attached hydrogens (tertiary/aromatic N) is 1. The van der Waals surface area contributed by atoms with Crippen LogP contribution in [0.1, 0.15) is 37.7 Å². The number of rotatable bonds is 7. The zero-order valence-electron chi connectivity index (χ0n) is 11.3. The summed E-state index contributed by atoms with van der Waals surface area (Å²) in [5.41, 5.74) is 6.09. The third-order valence-corrected chi connectivity index (χ3v) is 4.02. The Morgan fingerprint density at radius 3 is 2.58 bits per heavy atom. The molecule has 2 rings (SSSR count). The summed E-state index contributed by atoms with van der Waals surface area (Å²) in [5.74, 6) is 0.868. The summed E-state index contributed by atoms with van der Waals surface area (Å²) in [7, 11) is 0. The van der Waals surface area contributed by atoms with Gasteiger partial charge < -0.3 is 10.5 Å². The molecule has 0 saturated heterocycles. The van der Waals surface area contributed by atoms with E-state index in [4.69, 9.17) is 10.5 Å². The standard InChI is InChI=1S/C16H22N2O/c17-13-16(18,15-7-2-1-3-8-15)10-12-19-11-9-14-5-4-6-14/h1-3,7-8,14H,4-6,9-12,18H2.